The van der Waals surface area contributed by atoms with Gasteiger partial charge in [-0.3, -0.25) is 0 Å². The lowest BCUT2D eigenvalue weighted by Gasteiger charge is -2.16. The van der Waals surface area contributed by atoms with E-state index < -0.39 is 12.2 Å². The van der Waals surface area contributed by atoms with Gasteiger partial charge in [-0.05, 0) is 41.0 Å². The Labute approximate surface area is 128 Å². The largest absolute Gasteiger partial charge is 0.494 e. The van der Waals surface area contributed by atoms with Crippen molar-refractivity contribution >= 4 is 10.8 Å². The monoisotopic (exact) mass is 311 g/mol. The Balaban J connectivity index is 2.15. The number of hydrogen-bond donors (Lipinski definition) is 1. The second-order valence-electron chi connectivity index (χ2n) is 5.34. The van der Waals surface area contributed by atoms with E-state index in [2.05, 4.69) is 6.92 Å². The van der Waals surface area contributed by atoms with Crippen LogP contribution in [-0.2, 0) is 0 Å². The van der Waals surface area contributed by atoms with Gasteiger partial charge in [0.15, 0.2) is 0 Å². The van der Waals surface area contributed by atoms with Crippen LogP contribution in [0.1, 0.15) is 37.8 Å². The van der Waals surface area contributed by atoms with Crippen molar-refractivity contribution in [3.05, 3.63) is 42.0 Å². The van der Waals surface area contributed by atoms with Crippen molar-refractivity contribution in [3.63, 3.8) is 0 Å². The van der Waals surface area contributed by atoms with Crippen molar-refractivity contribution in [2.45, 2.75) is 38.4 Å². The minimum absolute atomic E-state index is 0.0663. The third-order valence-corrected chi connectivity index (χ3v) is 3.56. The first kappa shape index (κ1) is 16.6. The Morgan fingerprint density at radius 2 is 1.73 bits per heavy atom. The summed E-state index contributed by atoms with van der Waals surface area (Å²) in [7, 11) is 0. The van der Waals surface area contributed by atoms with Crippen LogP contribution in [0.15, 0.2) is 36.4 Å². The Morgan fingerprint density at radius 3 is 2.41 bits per heavy atom. The first-order valence-electron chi connectivity index (χ1n) is 7.40. The lowest BCUT2D eigenvalue weighted by Crippen LogP contribution is -2.28. The van der Waals surface area contributed by atoms with E-state index in [-0.39, 0.29) is 5.56 Å². The van der Waals surface area contributed by atoms with Crippen molar-refractivity contribution in [2.75, 3.05) is 6.61 Å². The third-order valence-electron chi connectivity index (χ3n) is 3.56. The smallest absolute Gasteiger partial charge is 0.407 e. The zero-order valence-corrected chi connectivity index (χ0v) is 12.5. The number of benzene rings is 2. The molecule has 0 aliphatic rings. The van der Waals surface area contributed by atoms with Crippen LogP contribution in [0.25, 0.3) is 10.8 Å². The van der Waals surface area contributed by atoms with Crippen molar-refractivity contribution in [1.82, 2.24) is 0 Å². The highest BCUT2D eigenvalue weighted by Crippen LogP contribution is 2.32. The molecule has 0 fully saturated rings. The van der Waals surface area contributed by atoms with E-state index in [0.29, 0.717) is 6.61 Å². The zero-order valence-electron chi connectivity index (χ0n) is 12.5. The fraction of sp³-hybridized carbons (Fsp3) is 0.412. The normalized spacial score (nSPS) is 13.3. The van der Waals surface area contributed by atoms with Crippen LogP contribution in [0.4, 0.5) is 13.2 Å². The van der Waals surface area contributed by atoms with Gasteiger partial charge in [0.25, 0.3) is 0 Å². The predicted molar refractivity (Wildman–Crippen MR) is 82.0 cm³/mol. The molecule has 0 aliphatic carbocycles. The summed E-state index contributed by atoms with van der Waals surface area (Å²) >= 11 is 0. The second kappa shape index (κ2) is 7.01. The van der Waals surface area contributed by atoms with Gasteiger partial charge in [-0.1, -0.05) is 38.0 Å². The molecule has 0 amide bonds. The molecule has 0 aromatic heterocycles. The molecule has 2 aromatic rings. The maximum absolute atomic E-state index is 12.7. The summed E-state index contributed by atoms with van der Waals surface area (Å²) in [5.41, 5.74) is 5.30. The Hall–Kier alpha value is -1.75. The van der Waals surface area contributed by atoms with E-state index in [1.54, 1.807) is 18.2 Å². The van der Waals surface area contributed by atoms with Crippen LogP contribution in [0.3, 0.4) is 0 Å². The highest BCUT2D eigenvalue weighted by atomic mass is 19.4. The number of fused-ring (bicyclic) bond motifs is 1. The minimum atomic E-state index is -4.43. The number of nitrogens with two attached hydrogens (primary N) is 1. The molecule has 0 saturated heterocycles. The van der Waals surface area contributed by atoms with Crippen molar-refractivity contribution in [3.8, 4) is 5.75 Å². The topological polar surface area (TPSA) is 35.2 Å². The number of ether oxygens (including phenoxy) is 1. The molecule has 2 nitrogen and oxygen atoms in total. The van der Waals surface area contributed by atoms with Crippen LogP contribution in [-0.4, -0.2) is 12.8 Å². The molecule has 0 unspecified atom stereocenters. The summed E-state index contributed by atoms with van der Waals surface area (Å²) < 4.78 is 43.6. The summed E-state index contributed by atoms with van der Waals surface area (Å²) in [6.07, 6.45) is -1.19. The van der Waals surface area contributed by atoms with Gasteiger partial charge >= 0.3 is 6.18 Å². The van der Waals surface area contributed by atoms with Crippen LogP contribution in [0.5, 0.6) is 5.75 Å². The Kier molecular flexibility index (Phi) is 5.29. The van der Waals surface area contributed by atoms with E-state index in [9.17, 15) is 13.2 Å². The molecule has 22 heavy (non-hydrogen) atoms. The molecule has 0 radical (unpaired) electrons. The van der Waals surface area contributed by atoms with E-state index in [4.69, 9.17) is 10.5 Å². The maximum atomic E-state index is 12.7. The maximum Gasteiger partial charge on any atom is 0.407 e. The first-order valence-corrected chi connectivity index (χ1v) is 7.40. The Bertz CT molecular complexity index is 625. The van der Waals surface area contributed by atoms with Gasteiger partial charge in [0.1, 0.15) is 11.8 Å². The molecule has 5 heteroatoms. The van der Waals surface area contributed by atoms with Gasteiger partial charge in [-0.2, -0.15) is 13.2 Å². The van der Waals surface area contributed by atoms with Gasteiger partial charge in [0, 0.05) is 0 Å². The quantitative estimate of drug-likeness (QED) is 0.764. The molecule has 0 heterocycles. The van der Waals surface area contributed by atoms with Gasteiger partial charge in [-0.15, -0.1) is 0 Å². The molecule has 0 saturated carbocycles. The highest BCUT2D eigenvalue weighted by molar-refractivity contribution is 5.84. The van der Waals surface area contributed by atoms with E-state index in [1.165, 1.54) is 12.1 Å². The number of hydrogen-bond acceptors (Lipinski definition) is 2. The average molecular weight is 311 g/mol. The van der Waals surface area contributed by atoms with Gasteiger partial charge in [-0.25, -0.2) is 0 Å². The van der Waals surface area contributed by atoms with Gasteiger partial charge in [0.05, 0.1) is 6.61 Å². The Morgan fingerprint density at radius 1 is 1.05 bits per heavy atom. The summed E-state index contributed by atoms with van der Waals surface area (Å²) in [5, 5.41) is 1.56. The van der Waals surface area contributed by atoms with Crippen molar-refractivity contribution in [1.29, 1.82) is 0 Å². The fourth-order valence-electron chi connectivity index (χ4n) is 2.26. The molecule has 1 atom stereocenters. The van der Waals surface area contributed by atoms with Crippen molar-refractivity contribution < 1.29 is 17.9 Å². The minimum Gasteiger partial charge on any atom is -0.494 e. The van der Waals surface area contributed by atoms with Crippen LogP contribution in [0, 0.1) is 0 Å². The van der Waals surface area contributed by atoms with E-state index >= 15 is 0 Å². The third kappa shape index (κ3) is 4.13. The molecule has 0 spiro atoms. The van der Waals surface area contributed by atoms with E-state index in [1.807, 2.05) is 6.07 Å². The van der Waals surface area contributed by atoms with Gasteiger partial charge < -0.3 is 10.5 Å². The zero-order chi connectivity index (χ0) is 16.2. The number of alkyl halides is 3. The SMILES string of the molecule is CCCCCOc1ccc2cc([C@H](N)C(F)(F)F)ccc2c1. The average Bonchev–Trinajstić information content (AvgIpc) is 2.49. The standard InChI is InChI=1S/C17H20F3NO/c1-2-3-4-9-22-15-8-7-12-10-14(6-5-13(12)11-15)16(21)17(18,19)20/h5-8,10-11,16H,2-4,9,21H2,1H3/t16-/m0/s1. The summed E-state index contributed by atoms with van der Waals surface area (Å²) in [4.78, 5) is 0. The molecule has 2 aromatic carbocycles. The number of unbranched alkanes of at least 4 members (excludes halogenated alkanes) is 2. The molecule has 0 bridgehead atoms. The summed E-state index contributed by atoms with van der Waals surface area (Å²) in [5.74, 6) is 0.733. The lowest BCUT2D eigenvalue weighted by molar-refractivity contribution is -0.149. The molecule has 120 valence electrons. The molecule has 0 aliphatic heterocycles. The molecule has 2 rings (SSSR count). The summed E-state index contributed by atoms with van der Waals surface area (Å²) in [6, 6.07) is 7.96. The molecular formula is C17H20F3NO. The summed E-state index contributed by atoms with van der Waals surface area (Å²) in [6.45, 7) is 2.77. The fourth-order valence-corrected chi connectivity index (χ4v) is 2.26. The molecular weight excluding hydrogens is 291 g/mol. The van der Waals surface area contributed by atoms with Crippen LogP contribution >= 0.6 is 0 Å². The molecule has 2 N–H and O–H groups in total. The van der Waals surface area contributed by atoms with Crippen LogP contribution in [0.2, 0.25) is 0 Å². The number of rotatable bonds is 6. The highest BCUT2D eigenvalue weighted by Gasteiger charge is 2.37. The second-order valence-corrected chi connectivity index (χ2v) is 5.34. The number of halogens is 3. The van der Waals surface area contributed by atoms with E-state index in [0.717, 1.165) is 35.8 Å². The van der Waals surface area contributed by atoms with Gasteiger partial charge in [0.2, 0.25) is 0 Å². The first-order chi connectivity index (χ1) is 10.4. The predicted octanol–water partition coefficient (Wildman–Crippen LogP) is 4.97. The lowest BCUT2D eigenvalue weighted by atomic mass is 10.0. The van der Waals surface area contributed by atoms with Crippen molar-refractivity contribution in [2.24, 2.45) is 5.73 Å². The van der Waals surface area contributed by atoms with Crippen LogP contribution < -0.4 is 10.5 Å².